The molecule has 124 valence electrons. The third-order valence-electron chi connectivity index (χ3n) is 3.57. The summed E-state index contributed by atoms with van der Waals surface area (Å²) in [7, 11) is 0. The zero-order valence-electron chi connectivity index (χ0n) is 13.7. The maximum atomic E-state index is 12.5. The van der Waals surface area contributed by atoms with Crippen LogP contribution in [-0.2, 0) is 9.59 Å². The SMILES string of the molecule is CC(=O)N/C(=C\c1ccccc1)C(=O)Oc1ccc2ccccc2c1. The summed E-state index contributed by atoms with van der Waals surface area (Å²) < 4.78 is 5.44. The van der Waals surface area contributed by atoms with Gasteiger partial charge in [-0.3, -0.25) is 4.79 Å². The number of esters is 1. The highest BCUT2D eigenvalue weighted by molar-refractivity contribution is 5.99. The van der Waals surface area contributed by atoms with E-state index in [4.69, 9.17) is 4.74 Å². The zero-order valence-corrected chi connectivity index (χ0v) is 13.7. The Morgan fingerprint density at radius 2 is 1.56 bits per heavy atom. The first-order valence-corrected chi connectivity index (χ1v) is 7.87. The molecule has 4 heteroatoms. The van der Waals surface area contributed by atoms with Crippen molar-refractivity contribution in [3.63, 3.8) is 0 Å². The van der Waals surface area contributed by atoms with Crippen molar-refractivity contribution in [2.75, 3.05) is 0 Å². The summed E-state index contributed by atoms with van der Waals surface area (Å²) in [6, 6.07) is 22.5. The largest absolute Gasteiger partial charge is 0.422 e. The van der Waals surface area contributed by atoms with Crippen molar-refractivity contribution in [3.8, 4) is 5.75 Å². The molecule has 0 aliphatic rings. The van der Waals surface area contributed by atoms with Gasteiger partial charge in [-0.05, 0) is 34.5 Å². The van der Waals surface area contributed by atoms with Crippen molar-refractivity contribution in [3.05, 3.63) is 84.1 Å². The Morgan fingerprint density at radius 1 is 0.880 bits per heavy atom. The third-order valence-corrected chi connectivity index (χ3v) is 3.57. The van der Waals surface area contributed by atoms with Crippen LogP contribution in [0, 0.1) is 0 Å². The highest BCUT2D eigenvalue weighted by Gasteiger charge is 2.14. The molecule has 0 radical (unpaired) electrons. The number of hydrogen-bond acceptors (Lipinski definition) is 3. The monoisotopic (exact) mass is 331 g/mol. The standard InChI is InChI=1S/C21H17NO3/c1-15(23)22-20(13-16-7-3-2-4-8-16)21(24)25-19-12-11-17-9-5-6-10-18(17)14-19/h2-14H,1H3,(H,22,23)/b20-13-. The van der Waals surface area contributed by atoms with E-state index < -0.39 is 5.97 Å². The van der Waals surface area contributed by atoms with Crippen LogP contribution in [0.15, 0.2) is 78.5 Å². The van der Waals surface area contributed by atoms with Gasteiger partial charge in [0.15, 0.2) is 0 Å². The van der Waals surface area contributed by atoms with Crippen LogP contribution >= 0.6 is 0 Å². The van der Waals surface area contributed by atoms with Crippen LogP contribution in [0.3, 0.4) is 0 Å². The zero-order chi connectivity index (χ0) is 17.6. The van der Waals surface area contributed by atoms with Crippen molar-refractivity contribution in [1.29, 1.82) is 0 Å². The molecular weight excluding hydrogens is 314 g/mol. The molecule has 25 heavy (non-hydrogen) atoms. The van der Waals surface area contributed by atoms with Crippen LogP contribution < -0.4 is 10.1 Å². The normalized spacial score (nSPS) is 11.2. The summed E-state index contributed by atoms with van der Waals surface area (Å²) in [5.41, 5.74) is 0.883. The van der Waals surface area contributed by atoms with Crippen molar-refractivity contribution >= 4 is 28.7 Å². The summed E-state index contributed by atoms with van der Waals surface area (Å²) in [6.07, 6.45) is 1.59. The average molecular weight is 331 g/mol. The van der Waals surface area contributed by atoms with Crippen LogP contribution in [0.2, 0.25) is 0 Å². The van der Waals surface area contributed by atoms with E-state index in [9.17, 15) is 9.59 Å². The number of amides is 1. The smallest absolute Gasteiger partial charge is 0.360 e. The lowest BCUT2D eigenvalue weighted by Crippen LogP contribution is -2.27. The molecule has 0 saturated carbocycles. The highest BCUT2D eigenvalue weighted by Crippen LogP contribution is 2.21. The molecule has 0 aromatic heterocycles. The number of nitrogens with one attached hydrogen (secondary N) is 1. The predicted molar refractivity (Wildman–Crippen MR) is 97.8 cm³/mol. The van der Waals surface area contributed by atoms with Crippen molar-refractivity contribution < 1.29 is 14.3 Å². The molecule has 0 bridgehead atoms. The molecular formula is C21H17NO3. The number of rotatable bonds is 4. The Bertz CT molecular complexity index is 946. The number of hydrogen-bond donors (Lipinski definition) is 1. The molecule has 0 atom stereocenters. The number of benzene rings is 3. The first-order chi connectivity index (χ1) is 12.1. The lowest BCUT2D eigenvalue weighted by atomic mass is 10.1. The van der Waals surface area contributed by atoms with Gasteiger partial charge >= 0.3 is 5.97 Å². The lowest BCUT2D eigenvalue weighted by molar-refractivity contribution is -0.132. The summed E-state index contributed by atoms with van der Waals surface area (Å²) in [4.78, 5) is 23.9. The second-order valence-corrected chi connectivity index (χ2v) is 5.55. The van der Waals surface area contributed by atoms with Crippen molar-refractivity contribution in [2.24, 2.45) is 0 Å². The lowest BCUT2D eigenvalue weighted by Gasteiger charge is -2.09. The van der Waals surface area contributed by atoms with Gasteiger partial charge in [0.05, 0.1) is 0 Å². The molecule has 0 fully saturated rings. The summed E-state index contributed by atoms with van der Waals surface area (Å²) >= 11 is 0. The van der Waals surface area contributed by atoms with Gasteiger partial charge in [0.2, 0.25) is 5.91 Å². The minimum atomic E-state index is -0.616. The van der Waals surface area contributed by atoms with Gasteiger partial charge in [0.1, 0.15) is 11.4 Å². The molecule has 1 amide bonds. The summed E-state index contributed by atoms with van der Waals surface area (Å²) in [5.74, 6) is -0.528. The van der Waals surface area contributed by atoms with E-state index in [1.54, 1.807) is 18.2 Å². The topological polar surface area (TPSA) is 55.4 Å². The second-order valence-electron chi connectivity index (χ2n) is 5.55. The van der Waals surface area contributed by atoms with E-state index in [2.05, 4.69) is 5.32 Å². The van der Waals surface area contributed by atoms with Gasteiger partial charge in [0.25, 0.3) is 0 Å². The number of carbonyl (C=O) groups is 2. The van der Waals surface area contributed by atoms with Gasteiger partial charge in [-0.2, -0.15) is 0 Å². The van der Waals surface area contributed by atoms with Gasteiger partial charge in [-0.15, -0.1) is 0 Å². The van der Waals surface area contributed by atoms with Gasteiger partial charge in [-0.1, -0.05) is 60.7 Å². The van der Waals surface area contributed by atoms with Crippen LogP contribution in [0.4, 0.5) is 0 Å². The number of ether oxygens (including phenoxy) is 1. The van der Waals surface area contributed by atoms with E-state index in [1.165, 1.54) is 6.92 Å². The molecule has 0 saturated heterocycles. The fourth-order valence-electron chi connectivity index (χ4n) is 2.44. The highest BCUT2D eigenvalue weighted by atomic mass is 16.5. The minimum absolute atomic E-state index is 0.0897. The van der Waals surface area contributed by atoms with E-state index in [0.717, 1.165) is 16.3 Å². The maximum absolute atomic E-state index is 12.5. The average Bonchev–Trinajstić information content (AvgIpc) is 2.61. The molecule has 0 aliphatic heterocycles. The van der Waals surface area contributed by atoms with Crippen molar-refractivity contribution in [1.82, 2.24) is 5.32 Å². The molecule has 4 nitrogen and oxygen atoms in total. The molecule has 3 rings (SSSR count). The molecule has 3 aromatic carbocycles. The Balaban J connectivity index is 1.86. The number of carbonyl (C=O) groups excluding carboxylic acids is 2. The quantitative estimate of drug-likeness (QED) is 0.448. The number of fused-ring (bicyclic) bond motifs is 1. The Kier molecular flexibility index (Phi) is 4.90. The molecule has 0 heterocycles. The van der Waals surface area contributed by atoms with E-state index >= 15 is 0 Å². The fourth-order valence-corrected chi connectivity index (χ4v) is 2.44. The molecule has 1 N–H and O–H groups in total. The van der Waals surface area contributed by atoms with Crippen LogP contribution in [0.25, 0.3) is 16.8 Å². The van der Waals surface area contributed by atoms with E-state index in [1.807, 2.05) is 60.7 Å². The molecule has 0 aliphatic carbocycles. The van der Waals surface area contributed by atoms with Crippen LogP contribution in [0.5, 0.6) is 5.75 Å². The Morgan fingerprint density at radius 3 is 2.28 bits per heavy atom. The van der Waals surface area contributed by atoms with Gasteiger partial charge in [0, 0.05) is 6.92 Å². The van der Waals surface area contributed by atoms with Gasteiger partial charge in [-0.25, -0.2) is 4.79 Å². The molecule has 0 unspecified atom stereocenters. The minimum Gasteiger partial charge on any atom is -0.422 e. The first-order valence-electron chi connectivity index (χ1n) is 7.87. The van der Waals surface area contributed by atoms with Crippen molar-refractivity contribution in [2.45, 2.75) is 6.92 Å². The van der Waals surface area contributed by atoms with Gasteiger partial charge < -0.3 is 10.1 Å². The third kappa shape index (κ3) is 4.32. The predicted octanol–water partition coefficient (Wildman–Crippen LogP) is 3.92. The van der Waals surface area contributed by atoms with Crippen LogP contribution in [-0.4, -0.2) is 11.9 Å². The Labute approximate surface area is 145 Å². The van der Waals surface area contributed by atoms with Crippen LogP contribution in [0.1, 0.15) is 12.5 Å². The van der Waals surface area contributed by atoms with E-state index in [0.29, 0.717) is 5.75 Å². The van der Waals surface area contributed by atoms with E-state index in [-0.39, 0.29) is 11.6 Å². The first kappa shape index (κ1) is 16.5. The second kappa shape index (κ2) is 7.45. The Hall–Kier alpha value is -3.40. The molecule has 3 aromatic rings. The maximum Gasteiger partial charge on any atom is 0.360 e. The fraction of sp³-hybridized carbons (Fsp3) is 0.0476. The summed E-state index contributed by atoms with van der Waals surface area (Å²) in [6.45, 7) is 1.35. The summed E-state index contributed by atoms with van der Waals surface area (Å²) in [5, 5.41) is 4.57. The molecule has 0 spiro atoms.